The Hall–Kier alpha value is -0.160. The van der Waals surface area contributed by atoms with Gasteiger partial charge in [-0.3, -0.25) is 0 Å². The molecule has 2 saturated heterocycles. The maximum absolute atomic E-state index is 7.22. The van der Waals surface area contributed by atoms with Gasteiger partial charge in [0.05, 0.1) is 5.60 Å². The SMILES string of the molecule is CO[C@H]1C[C@@]2(CC[C@@]3(O2)[C@H](C)CC[C@H]2C(C)(C)CCC[C@@]23C)[C@@H](OC)O1. The summed E-state index contributed by atoms with van der Waals surface area (Å²) in [4.78, 5) is 0. The second-order valence-corrected chi connectivity index (χ2v) is 10.4. The first-order chi connectivity index (χ1) is 12.2. The summed E-state index contributed by atoms with van der Waals surface area (Å²) < 4.78 is 24.5. The summed E-state index contributed by atoms with van der Waals surface area (Å²) in [5, 5.41) is 0. The van der Waals surface area contributed by atoms with Crippen LogP contribution in [-0.2, 0) is 18.9 Å². The van der Waals surface area contributed by atoms with Crippen LogP contribution in [0.25, 0.3) is 0 Å². The largest absolute Gasteiger partial charge is 0.362 e. The van der Waals surface area contributed by atoms with Crippen LogP contribution >= 0.6 is 0 Å². The fourth-order valence-electron chi connectivity index (χ4n) is 7.57. The normalized spacial score (nSPS) is 53.3. The lowest BCUT2D eigenvalue weighted by molar-refractivity contribution is -0.281. The molecule has 7 atom stereocenters. The molecule has 2 heterocycles. The topological polar surface area (TPSA) is 36.9 Å². The standard InChI is InChI=1S/C22H38O4/c1-15-8-9-16-19(2,3)10-7-11-20(16,4)22(15)13-12-21(26-22)14-17(23-5)25-18(21)24-6/h15-18H,7-14H2,1-6H3/t15-,16+,17-,18+,20+,21+,22-/m1/s1. The summed E-state index contributed by atoms with van der Waals surface area (Å²) in [5.41, 5.74) is 0.229. The number of ether oxygens (including phenoxy) is 4. The summed E-state index contributed by atoms with van der Waals surface area (Å²) in [7, 11) is 3.45. The first-order valence-electron chi connectivity index (χ1n) is 10.6. The molecule has 4 rings (SSSR count). The molecule has 26 heavy (non-hydrogen) atoms. The molecule has 0 N–H and O–H groups in total. The van der Waals surface area contributed by atoms with Gasteiger partial charge in [-0.15, -0.1) is 0 Å². The van der Waals surface area contributed by atoms with Gasteiger partial charge in [-0.2, -0.15) is 0 Å². The van der Waals surface area contributed by atoms with E-state index in [1.807, 2.05) is 0 Å². The summed E-state index contributed by atoms with van der Waals surface area (Å²) in [5.74, 6) is 1.31. The van der Waals surface area contributed by atoms with Crippen LogP contribution in [0.15, 0.2) is 0 Å². The Morgan fingerprint density at radius 3 is 2.38 bits per heavy atom. The van der Waals surface area contributed by atoms with E-state index in [0.717, 1.165) is 25.2 Å². The third-order valence-electron chi connectivity index (χ3n) is 8.88. The monoisotopic (exact) mass is 366 g/mol. The maximum atomic E-state index is 7.22. The first-order valence-corrected chi connectivity index (χ1v) is 10.6. The van der Waals surface area contributed by atoms with Crippen molar-refractivity contribution in [2.24, 2.45) is 22.7 Å². The number of hydrogen-bond donors (Lipinski definition) is 0. The smallest absolute Gasteiger partial charge is 0.189 e. The van der Waals surface area contributed by atoms with E-state index in [-0.39, 0.29) is 29.2 Å². The molecule has 0 bridgehead atoms. The molecule has 2 aliphatic carbocycles. The van der Waals surface area contributed by atoms with Crippen molar-refractivity contribution in [1.29, 1.82) is 0 Å². The second kappa shape index (κ2) is 6.17. The summed E-state index contributed by atoms with van der Waals surface area (Å²) in [6.45, 7) is 9.94. The Morgan fingerprint density at radius 2 is 1.69 bits per heavy atom. The predicted octanol–water partition coefficient (Wildman–Crippen LogP) is 4.90. The number of rotatable bonds is 2. The minimum Gasteiger partial charge on any atom is -0.362 e. The molecule has 0 aromatic rings. The minimum absolute atomic E-state index is 0.0591. The van der Waals surface area contributed by atoms with Crippen molar-refractivity contribution in [2.75, 3.05) is 14.2 Å². The van der Waals surface area contributed by atoms with Gasteiger partial charge in [-0.05, 0) is 55.8 Å². The van der Waals surface area contributed by atoms with E-state index in [2.05, 4.69) is 27.7 Å². The third-order valence-corrected chi connectivity index (χ3v) is 8.88. The highest BCUT2D eigenvalue weighted by Crippen LogP contribution is 2.68. The van der Waals surface area contributed by atoms with Crippen LogP contribution in [0.5, 0.6) is 0 Å². The van der Waals surface area contributed by atoms with Crippen LogP contribution in [0.3, 0.4) is 0 Å². The van der Waals surface area contributed by atoms with Crippen molar-refractivity contribution >= 4 is 0 Å². The van der Waals surface area contributed by atoms with Gasteiger partial charge in [0.1, 0.15) is 5.60 Å². The Bertz CT molecular complexity index is 548. The van der Waals surface area contributed by atoms with Crippen LogP contribution in [0, 0.1) is 22.7 Å². The molecule has 2 aliphatic heterocycles. The van der Waals surface area contributed by atoms with Crippen LogP contribution < -0.4 is 0 Å². The van der Waals surface area contributed by atoms with E-state index < -0.39 is 0 Å². The molecule has 4 nitrogen and oxygen atoms in total. The molecular formula is C22H38O4. The lowest BCUT2D eigenvalue weighted by Crippen LogP contribution is -2.63. The molecule has 150 valence electrons. The summed E-state index contributed by atoms with van der Waals surface area (Å²) in [6.07, 6.45) is 8.93. The quantitative estimate of drug-likeness (QED) is 0.696. The van der Waals surface area contributed by atoms with Crippen LogP contribution in [0.4, 0.5) is 0 Å². The van der Waals surface area contributed by atoms with Crippen LogP contribution in [-0.4, -0.2) is 38.0 Å². The second-order valence-electron chi connectivity index (χ2n) is 10.4. The lowest BCUT2D eigenvalue weighted by Gasteiger charge is -2.64. The zero-order valence-corrected chi connectivity index (χ0v) is 17.6. The number of fused-ring (bicyclic) bond motifs is 2. The van der Waals surface area contributed by atoms with Gasteiger partial charge in [0.25, 0.3) is 0 Å². The van der Waals surface area contributed by atoms with E-state index in [4.69, 9.17) is 18.9 Å². The van der Waals surface area contributed by atoms with E-state index in [1.54, 1.807) is 14.2 Å². The molecule has 0 aromatic heterocycles. The molecule has 0 radical (unpaired) electrons. The Balaban J connectivity index is 1.71. The molecular weight excluding hydrogens is 328 g/mol. The molecule has 2 saturated carbocycles. The maximum Gasteiger partial charge on any atom is 0.189 e. The fraction of sp³-hybridized carbons (Fsp3) is 1.00. The Kier molecular flexibility index (Phi) is 4.55. The van der Waals surface area contributed by atoms with E-state index >= 15 is 0 Å². The van der Waals surface area contributed by atoms with E-state index in [9.17, 15) is 0 Å². The Morgan fingerprint density at radius 1 is 0.923 bits per heavy atom. The molecule has 4 heteroatoms. The van der Waals surface area contributed by atoms with Crippen LogP contribution in [0.1, 0.15) is 79.1 Å². The highest BCUT2D eigenvalue weighted by molar-refractivity contribution is 5.16. The number of methoxy groups -OCH3 is 2. The van der Waals surface area contributed by atoms with Crippen molar-refractivity contribution in [3.05, 3.63) is 0 Å². The molecule has 0 unspecified atom stereocenters. The fourth-order valence-corrected chi connectivity index (χ4v) is 7.57. The van der Waals surface area contributed by atoms with Gasteiger partial charge >= 0.3 is 0 Å². The minimum atomic E-state index is -0.351. The molecule has 4 fully saturated rings. The number of hydrogen-bond acceptors (Lipinski definition) is 4. The van der Waals surface area contributed by atoms with Crippen molar-refractivity contribution in [3.63, 3.8) is 0 Å². The highest BCUT2D eigenvalue weighted by Gasteiger charge is 2.69. The first kappa shape index (κ1) is 19.2. The Labute approximate surface area is 159 Å². The van der Waals surface area contributed by atoms with Gasteiger partial charge in [-0.25, -0.2) is 0 Å². The van der Waals surface area contributed by atoms with Crippen molar-refractivity contribution in [3.8, 4) is 0 Å². The average molecular weight is 367 g/mol. The van der Waals surface area contributed by atoms with Gasteiger partial charge in [0.15, 0.2) is 12.6 Å². The van der Waals surface area contributed by atoms with Gasteiger partial charge in [0.2, 0.25) is 0 Å². The van der Waals surface area contributed by atoms with E-state index in [1.165, 1.54) is 32.1 Å². The molecule has 4 aliphatic rings. The van der Waals surface area contributed by atoms with E-state index in [0.29, 0.717) is 11.3 Å². The van der Waals surface area contributed by atoms with Crippen molar-refractivity contribution in [2.45, 2.75) is 103 Å². The van der Waals surface area contributed by atoms with Crippen molar-refractivity contribution in [1.82, 2.24) is 0 Å². The van der Waals surface area contributed by atoms with Gasteiger partial charge in [0, 0.05) is 26.1 Å². The lowest BCUT2D eigenvalue weighted by atomic mass is 9.44. The van der Waals surface area contributed by atoms with Gasteiger partial charge < -0.3 is 18.9 Å². The summed E-state index contributed by atoms with van der Waals surface area (Å²) in [6, 6.07) is 0. The molecule has 0 aromatic carbocycles. The molecule has 0 amide bonds. The highest BCUT2D eigenvalue weighted by atomic mass is 16.8. The average Bonchev–Trinajstić information content (AvgIpc) is 3.15. The van der Waals surface area contributed by atoms with Crippen LogP contribution in [0.2, 0.25) is 0 Å². The molecule has 2 spiro atoms. The third kappa shape index (κ3) is 2.41. The zero-order chi connectivity index (χ0) is 18.8. The summed E-state index contributed by atoms with van der Waals surface area (Å²) >= 11 is 0. The van der Waals surface area contributed by atoms with Gasteiger partial charge in [-0.1, -0.05) is 34.1 Å². The zero-order valence-electron chi connectivity index (χ0n) is 17.6. The van der Waals surface area contributed by atoms with Crippen molar-refractivity contribution < 1.29 is 18.9 Å². The predicted molar refractivity (Wildman–Crippen MR) is 101 cm³/mol.